The maximum atomic E-state index is 2.47. The first-order valence-corrected chi connectivity index (χ1v) is 26.3. The summed E-state index contributed by atoms with van der Waals surface area (Å²) in [6.07, 6.45) is 8.06. The van der Waals surface area contributed by atoms with Crippen molar-refractivity contribution in [1.29, 1.82) is 0 Å². The lowest BCUT2D eigenvalue weighted by Gasteiger charge is -2.31. The molecule has 0 radical (unpaired) electrons. The molecule has 11 aromatic carbocycles. The minimum absolute atomic E-state index is 0.0992. The molecular formula is C73H54N2. The molecule has 0 N–H and O–H groups in total. The zero-order valence-corrected chi connectivity index (χ0v) is 42.2. The number of allylic oxidation sites excluding steroid dienone is 3. The largest absolute Gasteiger partial charge is 0.311 e. The molecule has 75 heavy (non-hydrogen) atoms. The zero-order chi connectivity index (χ0) is 50.0. The molecule has 1 atom stereocenters. The van der Waals surface area contributed by atoms with E-state index in [-0.39, 0.29) is 5.41 Å². The van der Waals surface area contributed by atoms with Gasteiger partial charge in [0.15, 0.2) is 0 Å². The van der Waals surface area contributed by atoms with Crippen molar-refractivity contribution in [1.82, 2.24) is 4.57 Å². The van der Waals surface area contributed by atoms with E-state index < -0.39 is 0 Å². The summed E-state index contributed by atoms with van der Waals surface area (Å²) < 4.78 is 2.47. The Bertz CT molecular complexity index is 4210. The molecule has 0 bridgehead atoms. The number of nitrogens with zero attached hydrogens (tertiary/aromatic N) is 2. The molecule has 2 nitrogen and oxygen atoms in total. The van der Waals surface area contributed by atoms with E-state index in [4.69, 9.17) is 0 Å². The van der Waals surface area contributed by atoms with Crippen molar-refractivity contribution in [3.8, 4) is 61.3 Å². The molecule has 0 amide bonds. The molecule has 2 heteroatoms. The second-order valence-corrected chi connectivity index (χ2v) is 20.8. The van der Waals surface area contributed by atoms with Crippen LogP contribution in [0.4, 0.5) is 11.4 Å². The fourth-order valence-electron chi connectivity index (χ4n) is 12.3. The average Bonchev–Trinajstić information content (AvgIpc) is 3.98. The van der Waals surface area contributed by atoms with Crippen LogP contribution in [0.2, 0.25) is 0 Å². The number of benzene rings is 11. The molecule has 0 fully saturated rings. The Balaban J connectivity index is 0.819. The van der Waals surface area contributed by atoms with Gasteiger partial charge < -0.3 is 9.47 Å². The van der Waals surface area contributed by atoms with Crippen LogP contribution in [0.1, 0.15) is 42.9 Å². The highest BCUT2D eigenvalue weighted by atomic mass is 15.1. The van der Waals surface area contributed by atoms with Gasteiger partial charge in [-0.1, -0.05) is 226 Å². The van der Waals surface area contributed by atoms with Gasteiger partial charge in [-0.3, -0.25) is 0 Å². The van der Waals surface area contributed by atoms with Crippen molar-refractivity contribution in [2.24, 2.45) is 0 Å². The molecule has 14 rings (SSSR count). The number of hydrogen-bond acceptors (Lipinski definition) is 1. The fourth-order valence-corrected chi connectivity index (χ4v) is 12.3. The van der Waals surface area contributed by atoms with Gasteiger partial charge in [-0.15, -0.1) is 0 Å². The Morgan fingerprint density at radius 3 is 1.72 bits per heavy atom. The summed E-state index contributed by atoms with van der Waals surface area (Å²) in [5, 5.41) is 4.98. The van der Waals surface area contributed by atoms with Crippen LogP contribution in [-0.4, -0.2) is 4.57 Å². The first-order chi connectivity index (χ1) is 36.9. The first-order valence-electron chi connectivity index (χ1n) is 26.3. The summed E-state index contributed by atoms with van der Waals surface area (Å²) in [5.41, 5.74) is 23.3. The molecule has 12 aromatic rings. The zero-order valence-electron chi connectivity index (χ0n) is 42.2. The van der Waals surface area contributed by atoms with E-state index in [1.807, 2.05) is 0 Å². The summed E-state index contributed by atoms with van der Waals surface area (Å²) >= 11 is 0. The first kappa shape index (κ1) is 44.5. The molecule has 356 valence electrons. The fraction of sp³-hybridized carbons (Fsp3) is 0.0685. The number of hydrogen-bond donors (Lipinski definition) is 0. The van der Waals surface area contributed by atoms with Gasteiger partial charge in [0.2, 0.25) is 0 Å². The van der Waals surface area contributed by atoms with E-state index in [1.54, 1.807) is 0 Å². The predicted molar refractivity (Wildman–Crippen MR) is 317 cm³/mol. The monoisotopic (exact) mass is 958 g/mol. The molecule has 1 heterocycles. The van der Waals surface area contributed by atoms with Gasteiger partial charge in [0.25, 0.3) is 0 Å². The van der Waals surface area contributed by atoms with Gasteiger partial charge in [0.1, 0.15) is 0 Å². The van der Waals surface area contributed by atoms with Gasteiger partial charge in [0.05, 0.1) is 16.7 Å². The molecule has 1 aromatic heterocycles. The van der Waals surface area contributed by atoms with E-state index >= 15 is 0 Å². The van der Waals surface area contributed by atoms with E-state index in [2.05, 4.69) is 296 Å². The third-order valence-electron chi connectivity index (χ3n) is 16.2. The Morgan fingerprint density at radius 1 is 0.400 bits per heavy atom. The lowest BCUT2D eigenvalue weighted by Crippen LogP contribution is -2.19. The third-order valence-corrected chi connectivity index (χ3v) is 16.2. The lowest BCUT2D eigenvalue weighted by molar-refractivity contribution is 0.660. The maximum absolute atomic E-state index is 2.47. The normalized spacial score (nSPS) is 14.5. The van der Waals surface area contributed by atoms with Crippen molar-refractivity contribution in [3.63, 3.8) is 0 Å². The highest BCUT2D eigenvalue weighted by Gasteiger charge is 2.36. The maximum Gasteiger partial charge on any atom is 0.0541 e. The summed E-state index contributed by atoms with van der Waals surface area (Å²) in [6, 6.07) is 94.1. The van der Waals surface area contributed by atoms with Crippen LogP contribution in [0.25, 0.3) is 93.9 Å². The van der Waals surface area contributed by atoms with Gasteiger partial charge in [0, 0.05) is 44.7 Å². The van der Waals surface area contributed by atoms with Crippen molar-refractivity contribution in [2.45, 2.75) is 31.6 Å². The molecule has 0 aliphatic heterocycles. The van der Waals surface area contributed by atoms with E-state index in [0.717, 1.165) is 17.8 Å². The van der Waals surface area contributed by atoms with E-state index in [0.29, 0.717) is 5.92 Å². The second-order valence-electron chi connectivity index (χ2n) is 20.8. The summed E-state index contributed by atoms with van der Waals surface area (Å²) in [4.78, 5) is 2.45. The van der Waals surface area contributed by atoms with Gasteiger partial charge >= 0.3 is 0 Å². The van der Waals surface area contributed by atoms with E-state index in [1.165, 1.54) is 116 Å². The highest BCUT2D eigenvalue weighted by Crippen LogP contribution is 2.51. The van der Waals surface area contributed by atoms with Crippen LogP contribution in [-0.2, 0) is 5.41 Å². The molecule has 0 saturated heterocycles. The molecule has 0 saturated carbocycles. The quantitative estimate of drug-likeness (QED) is 0.140. The standard InChI is InChI=1S/C73H54N2/c1-73(2)68-26-13-11-24-64(68)65-43-42-60(48-69(65)73)74(58-38-32-52(33-39-58)49-16-5-3-6-17-49)59-40-34-53(35-41-59)51-28-30-55(31-29-51)63-23-12-14-27-70(63)75-71-44-36-56(50-18-7-4-8-19-50)46-66(71)67-47-57(37-45-72(67)75)62-25-15-21-54-20-9-10-22-61(54)62/h3-32,34-48,52H,33H2,1-2H3. The van der Waals surface area contributed by atoms with Gasteiger partial charge in [-0.05, 0) is 145 Å². The molecule has 2 aliphatic rings. The van der Waals surface area contributed by atoms with Gasteiger partial charge in [-0.2, -0.15) is 0 Å². The van der Waals surface area contributed by atoms with Crippen molar-refractivity contribution in [3.05, 3.63) is 295 Å². The smallest absolute Gasteiger partial charge is 0.0541 e. The number of fused-ring (bicyclic) bond motifs is 7. The predicted octanol–water partition coefficient (Wildman–Crippen LogP) is 19.7. The molecule has 1 unspecified atom stereocenters. The third kappa shape index (κ3) is 7.64. The number of para-hydroxylation sites is 1. The minimum Gasteiger partial charge on any atom is -0.311 e. The second kappa shape index (κ2) is 18.1. The Labute approximate surface area is 439 Å². The van der Waals surface area contributed by atoms with Crippen LogP contribution in [0, 0.1) is 0 Å². The average molecular weight is 959 g/mol. The highest BCUT2D eigenvalue weighted by molar-refractivity contribution is 6.13. The summed E-state index contributed by atoms with van der Waals surface area (Å²) in [5.74, 6) is 0.354. The van der Waals surface area contributed by atoms with E-state index in [9.17, 15) is 0 Å². The van der Waals surface area contributed by atoms with Crippen LogP contribution in [0.3, 0.4) is 0 Å². The number of aromatic nitrogens is 1. The Hall–Kier alpha value is -9.24. The summed E-state index contributed by atoms with van der Waals surface area (Å²) in [6.45, 7) is 4.73. The van der Waals surface area contributed by atoms with Crippen molar-refractivity contribution < 1.29 is 0 Å². The van der Waals surface area contributed by atoms with Crippen molar-refractivity contribution >= 4 is 44.0 Å². The Morgan fingerprint density at radius 2 is 0.960 bits per heavy atom. The lowest BCUT2D eigenvalue weighted by atomic mass is 9.82. The number of anilines is 2. The van der Waals surface area contributed by atoms with Gasteiger partial charge in [-0.25, -0.2) is 0 Å². The topological polar surface area (TPSA) is 8.17 Å². The molecular weight excluding hydrogens is 905 g/mol. The van der Waals surface area contributed by atoms with Crippen molar-refractivity contribution in [2.75, 3.05) is 4.90 Å². The number of rotatable bonds is 9. The van der Waals surface area contributed by atoms with Crippen LogP contribution < -0.4 is 4.90 Å². The van der Waals surface area contributed by atoms with Crippen LogP contribution in [0.5, 0.6) is 0 Å². The summed E-state index contributed by atoms with van der Waals surface area (Å²) in [7, 11) is 0. The minimum atomic E-state index is -0.0992. The molecule has 2 aliphatic carbocycles. The SMILES string of the molecule is CC1(C)c2ccccc2-c2ccc(N(C3=CCC(c4ccccc4)C=C3)c3ccc(-c4ccc(-c5ccccc5-n5c6ccc(-c7ccccc7)cc6c6cc(-c7cccc8ccccc78)ccc65)cc4)cc3)cc21. The van der Waals surface area contributed by atoms with Crippen LogP contribution >= 0.6 is 0 Å². The Kier molecular flexibility index (Phi) is 10.7. The van der Waals surface area contributed by atoms with Crippen LogP contribution in [0.15, 0.2) is 279 Å². The molecule has 0 spiro atoms.